The topological polar surface area (TPSA) is 96.1 Å². The second kappa shape index (κ2) is 6.98. The number of esters is 1. The van der Waals surface area contributed by atoms with E-state index < -0.39 is 12.0 Å². The summed E-state index contributed by atoms with van der Waals surface area (Å²) >= 11 is 5.94. The molecule has 3 N–H and O–H groups in total. The quantitative estimate of drug-likeness (QED) is 0.730. The van der Waals surface area contributed by atoms with Crippen molar-refractivity contribution in [1.29, 1.82) is 0 Å². The lowest BCUT2D eigenvalue weighted by atomic mass is 9.94. The number of amides is 2. The minimum atomic E-state index is -0.669. The molecule has 1 atom stereocenters. The van der Waals surface area contributed by atoms with E-state index in [2.05, 4.69) is 20.8 Å². The number of rotatable bonds is 4. The summed E-state index contributed by atoms with van der Waals surface area (Å²) in [4.78, 5) is 24.3. The minimum Gasteiger partial charge on any atom is -0.463 e. The number of aromatic amines is 1. The van der Waals surface area contributed by atoms with E-state index in [0.29, 0.717) is 27.6 Å². The van der Waals surface area contributed by atoms with Crippen LogP contribution in [0.3, 0.4) is 0 Å². The van der Waals surface area contributed by atoms with E-state index in [0.717, 1.165) is 5.56 Å². The van der Waals surface area contributed by atoms with Gasteiger partial charge in [-0.2, -0.15) is 5.10 Å². The number of carbonyl (C=O) groups excluding carboxylic acids is 2. The van der Waals surface area contributed by atoms with Crippen molar-refractivity contribution in [3.63, 3.8) is 0 Å². The Morgan fingerprint density at radius 1 is 1.32 bits per heavy atom. The molecule has 2 heterocycles. The van der Waals surface area contributed by atoms with Crippen LogP contribution in [0.25, 0.3) is 11.3 Å². The third-order valence-electron chi connectivity index (χ3n) is 3.88. The van der Waals surface area contributed by atoms with Gasteiger partial charge in [-0.3, -0.25) is 5.10 Å². The summed E-state index contributed by atoms with van der Waals surface area (Å²) in [5.74, 6) is -0.485. The third kappa shape index (κ3) is 3.36. The molecule has 0 saturated carbocycles. The Bertz CT molecular complexity index is 842. The maximum atomic E-state index is 12.4. The molecule has 0 bridgehead atoms. The summed E-state index contributed by atoms with van der Waals surface area (Å²) in [5, 5.41) is 13.0. The van der Waals surface area contributed by atoms with E-state index in [1.807, 2.05) is 12.1 Å². The van der Waals surface area contributed by atoms with Crippen LogP contribution in [0.15, 0.2) is 41.7 Å². The van der Waals surface area contributed by atoms with Crippen molar-refractivity contribution < 1.29 is 14.3 Å². The van der Waals surface area contributed by atoms with Crippen LogP contribution >= 0.6 is 11.6 Å². The van der Waals surface area contributed by atoms with Gasteiger partial charge >= 0.3 is 12.0 Å². The largest absolute Gasteiger partial charge is 0.463 e. The number of aromatic nitrogens is 2. The fourth-order valence-electron chi connectivity index (χ4n) is 2.77. The Morgan fingerprint density at radius 2 is 2.04 bits per heavy atom. The van der Waals surface area contributed by atoms with Gasteiger partial charge in [0.25, 0.3) is 0 Å². The summed E-state index contributed by atoms with van der Waals surface area (Å²) in [6, 6.07) is 6.13. The molecule has 0 spiro atoms. The Kier molecular flexibility index (Phi) is 4.76. The highest BCUT2D eigenvalue weighted by Gasteiger charge is 2.34. The number of ether oxygens (including phenoxy) is 1. The van der Waals surface area contributed by atoms with Crippen molar-refractivity contribution in [2.24, 2.45) is 0 Å². The van der Waals surface area contributed by atoms with Crippen LogP contribution in [-0.4, -0.2) is 28.8 Å². The van der Waals surface area contributed by atoms with E-state index in [1.54, 1.807) is 32.2 Å². The molecule has 2 aromatic rings. The summed E-state index contributed by atoms with van der Waals surface area (Å²) < 4.78 is 5.14. The van der Waals surface area contributed by atoms with Gasteiger partial charge in [-0.15, -0.1) is 0 Å². The predicted octanol–water partition coefficient (Wildman–Crippen LogP) is 2.92. The number of allylic oxidation sites excluding steroid dienone is 1. The Labute approximate surface area is 149 Å². The highest BCUT2D eigenvalue weighted by Crippen LogP contribution is 2.33. The number of carbonyl (C=O) groups is 2. The van der Waals surface area contributed by atoms with Gasteiger partial charge in [0.2, 0.25) is 0 Å². The lowest BCUT2D eigenvalue weighted by molar-refractivity contribution is -0.139. The summed E-state index contributed by atoms with van der Waals surface area (Å²) in [5.41, 5.74) is 3.00. The SMILES string of the molecule is CCOC(=O)C1=C(C)NC(=O)N[C@@H]1c1cn[nH]c1-c1ccc(Cl)cc1. The lowest BCUT2D eigenvalue weighted by Gasteiger charge is -2.27. The van der Waals surface area contributed by atoms with Crippen LogP contribution in [0.2, 0.25) is 5.02 Å². The second-order valence-electron chi connectivity index (χ2n) is 5.50. The Balaban J connectivity index is 2.06. The Morgan fingerprint density at radius 3 is 2.72 bits per heavy atom. The van der Waals surface area contributed by atoms with Crippen molar-refractivity contribution in [2.45, 2.75) is 19.9 Å². The van der Waals surface area contributed by atoms with Gasteiger partial charge in [0.1, 0.15) is 0 Å². The smallest absolute Gasteiger partial charge is 0.338 e. The van der Waals surface area contributed by atoms with Crippen molar-refractivity contribution in [3.8, 4) is 11.3 Å². The molecule has 0 fully saturated rings. The van der Waals surface area contributed by atoms with Crippen LogP contribution in [0.5, 0.6) is 0 Å². The molecule has 2 amide bonds. The van der Waals surface area contributed by atoms with Crippen molar-refractivity contribution in [1.82, 2.24) is 20.8 Å². The van der Waals surface area contributed by atoms with Crippen LogP contribution < -0.4 is 10.6 Å². The number of hydrogen-bond acceptors (Lipinski definition) is 4. The number of H-pyrrole nitrogens is 1. The highest BCUT2D eigenvalue weighted by molar-refractivity contribution is 6.30. The second-order valence-corrected chi connectivity index (χ2v) is 5.93. The van der Waals surface area contributed by atoms with Crippen molar-refractivity contribution in [3.05, 3.63) is 52.3 Å². The molecular weight excluding hydrogens is 344 g/mol. The van der Waals surface area contributed by atoms with E-state index >= 15 is 0 Å². The molecule has 0 unspecified atom stereocenters. The molecule has 1 aromatic heterocycles. The van der Waals surface area contributed by atoms with Crippen molar-refractivity contribution in [2.75, 3.05) is 6.61 Å². The number of nitrogens with one attached hydrogen (secondary N) is 3. The molecule has 8 heteroatoms. The average Bonchev–Trinajstić information content (AvgIpc) is 3.04. The molecular formula is C17H17ClN4O3. The normalized spacial score (nSPS) is 17.1. The van der Waals surface area contributed by atoms with E-state index in [9.17, 15) is 9.59 Å². The molecule has 7 nitrogen and oxygen atoms in total. The predicted molar refractivity (Wildman–Crippen MR) is 92.8 cm³/mol. The molecule has 1 aliphatic heterocycles. The average molecular weight is 361 g/mol. The number of benzene rings is 1. The zero-order valence-corrected chi connectivity index (χ0v) is 14.5. The molecule has 0 radical (unpaired) electrons. The first-order chi connectivity index (χ1) is 12.0. The Hall–Kier alpha value is -2.80. The van der Waals surface area contributed by atoms with Gasteiger partial charge in [0, 0.05) is 16.3 Å². The van der Waals surface area contributed by atoms with E-state index in [-0.39, 0.29) is 12.6 Å². The van der Waals surface area contributed by atoms with Crippen LogP contribution in [0, 0.1) is 0 Å². The number of urea groups is 1. The van der Waals surface area contributed by atoms with Crippen molar-refractivity contribution >= 4 is 23.6 Å². The summed E-state index contributed by atoms with van der Waals surface area (Å²) in [7, 11) is 0. The van der Waals surface area contributed by atoms with Gasteiger partial charge in [-0.05, 0) is 31.5 Å². The monoisotopic (exact) mass is 360 g/mol. The number of nitrogens with zero attached hydrogens (tertiary/aromatic N) is 1. The molecule has 0 saturated heterocycles. The minimum absolute atomic E-state index is 0.242. The fourth-order valence-corrected chi connectivity index (χ4v) is 2.89. The maximum absolute atomic E-state index is 12.4. The molecule has 130 valence electrons. The first-order valence-corrected chi connectivity index (χ1v) is 8.13. The highest BCUT2D eigenvalue weighted by atomic mass is 35.5. The summed E-state index contributed by atoms with van der Waals surface area (Å²) in [6.45, 7) is 3.64. The number of hydrogen-bond donors (Lipinski definition) is 3. The molecule has 3 rings (SSSR count). The zero-order valence-electron chi connectivity index (χ0n) is 13.7. The maximum Gasteiger partial charge on any atom is 0.338 e. The van der Waals surface area contributed by atoms with E-state index in [4.69, 9.17) is 16.3 Å². The standard InChI is InChI=1S/C17H17ClN4O3/c1-3-25-16(23)13-9(2)20-17(24)21-15(13)12-8-19-22-14(12)10-4-6-11(18)7-5-10/h4-8,15H,3H2,1-2H3,(H,19,22)(H2,20,21,24)/t15-/m1/s1. The van der Waals surface area contributed by atoms with Gasteiger partial charge in [-0.25, -0.2) is 9.59 Å². The zero-order chi connectivity index (χ0) is 18.0. The van der Waals surface area contributed by atoms with Crippen LogP contribution in [-0.2, 0) is 9.53 Å². The van der Waals surface area contributed by atoms with Crippen LogP contribution in [0.4, 0.5) is 4.79 Å². The van der Waals surface area contributed by atoms with Gasteiger partial charge < -0.3 is 15.4 Å². The molecule has 1 aromatic carbocycles. The van der Waals surface area contributed by atoms with Gasteiger partial charge in [0.05, 0.1) is 30.1 Å². The van der Waals surface area contributed by atoms with Gasteiger partial charge in [-0.1, -0.05) is 23.7 Å². The van der Waals surface area contributed by atoms with Crippen LogP contribution in [0.1, 0.15) is 25.5 Å². The molecule has 1 aliphatic rings. The van der Waals surface area contributed by atoms with E-state index in [1.165, 1.54) is 0 Å². The first-order valence-electron chi connectivity index (χ1n) is 7.76. The summed E-state index contributed by atoms with van der Waals surface area (Å²) in [6.07, 6.45) is 1.59. The fraction of sp³-hybridized carbons (Fsp3) is 0.235. The molecule has 25 heavy (non-hydrogen) atoms. The third-order valence-corrected chi connectivity index (χ3v) is 4.13. The first kappa shape index (κ1) is 17.0. The lowest BCUT2D eigenvalue weighted by Crippen LogP contribution is -2.45. The number of halogens is 1. The molecule has 0 aliphatic carbocycles. The van der Waals surface area contributed by atoms with Gasteiger partial charge in [0.15, 0.2) is 0 Å².